The zero-order valence-corrected chi connectivity index (χ0v) is 9.13. The molecule has 0 bridgehead atoms. The smallest absolute Gasteiger partial charge is 0.257 e. The molecule has 0 aromatic heterocycles. The second-order valence-corrected chi connectivity index (χ2v) is 3.34. The molecule has 1 amide bonds. The number of aryl methyl sites for hydroxylation is 1. The van der Waals surface area contributed by atoms with E-state index in [0.717, 1.165) is 5.56 Å². The molecule has 1 aromatic carbocycles. The van der Waals surface area contributed by atoms with Crippen molar-refractivity contribution in [2.45, 2.75) is 6.92 Å². The number of hydrogen-bond donors (Lipinski definition) is 2. The first-order valence-electron chi connectivity index (χ1n) is 4.99. The summed E-state index contributed by atoms with van der Waals surface area (Å²) in [7, 11) is 0. The standard InChI is InChI=1S/C11H15FN2O2/c1-8-2-3-9(12)6-10(8)16-7-11(15)14-5-4-13/h2-3,6H,4-5,7,13H2,1H3,(H,14,15). The highest BCUT2D eigenvalue weighted by Gasteiger charge is 2.05. The van der Waals surface area contributed by atoms with Gasteiger partial charge in [0.2, 0.25) is 0 Å². The van der Waals surface area contributed by atoms with E-state index in [0.29, 0.717) is 18.8 Å². The third-order valence-electron chi connectivity index (χ3n) is 1.98. The van der Waals surface area contributed by atoms with E-state index < -0.39 is 0 Å². The third kappa shape index (κ3) is 3.86. The first-order valence-corrected chi connectivity index (χ1v) is 4.99. The Kier molecular flexibility index (Phi) is 4.72. The zero-order chi connectivity index (χ0) is 12.0. The van der Waals surface area contributed by atoms with Crippen LogP contribution >= 0.6 is 0 Å². The van der Waals surface area contributed by atoms with Gasteiger partial charge in [0.15, 0.2) is 6.61 Å². The predicted octanol–water partition coefficient (Wildman–Crippen LogP) is 0.588. The number of hydrogen-bond acceptors (Lipinski definition) is 3. The molecule has 0 heterocycles. The Morgan fingerprint density at radius 1 is 1.56 bits per heavy atom. The summed E-state index contributed by atoms with van der Waals surface area (Å²) >= 11 is 0. The molecular formula is C11H15FN2O2. The molecule has 0 spiro atoms. The molecule has 0 saturated heterocycles. The van der Waals surface area contributed by atoms with Crippen molar-refractivity contribution in [1.82, 2.24) is 5.32 Å². The fraction of sp³-hybridized carbons (Fsp3) is 0.364. The maximum atomic E-state index is 12.9. The van der Waals surface area contributed by atoms with Crippen LogP contribution in [0.5, 0.6) is 5.75 Å². The van der Waals surface area contributed by atoms with Crippen LogP contribution in [-0.2, 0) is 4.79 Å². The largest absolute Gasteiger partial charge is 0.483 e. The van der Waals surface area contributed by atoms with Crippen molar-refractivity contribution in [3.05, 3.63) is 29.6 Å². The summed E-state index contributed by atoms with van der Waals surface area (Å²) in [4.78, 5) is 11.2. The quantitative estimate of drug-likeness (QED) is 0.772. The Bertz CT molecular complexity index is 369. The number of carbonyl (C=O) groups is 1. The van der Waals surface area contributed by atoms with Gasteiger partial charge in [0.05, 0.1) is 0 Å². The van der Waals surface area contributed by atoms with E-state index in [2.05, 4.69) is 5.32 Å². The van der Waals surface area contributed by atoms with Gasteiger partial charge in [-0.2, -0.15) is 0 Å². The molecule has 0 aliphatic rings. The highest BCUT2D eigenvalue weighted by molar-refractivity contribution is 5.77. The molecule has 0 radical (unpaired) electrons. The second kappa shape index (κ2) is 6.07. The number of rotatable bonds is 5. The van der Waals surface area contributed by atoms with Crippen molar-refractivity contribution in [3.63, 3.8) is 0 Å². The lowest BCUT2D eigenvalue weighted by atomic mass is 10.2. The van der Waals surface area contributed by atoms with Crippen molar-refractivity contribution >= 4 is 5.91 Å². The molecule has 1 rings (SSSR count). The summed E-state index contributed by atoms with van der Waals surface area (Å²) in [6.45, 7) is 2.44. The molecule has 0 saturated carbocycles. The number of benzene rings is 1. The van der Waals surface area contributed by atoms with Crippen LogP contribution < -0.4 is 15.8 Å². The van der Waals surface area contributed by atoms with Gasteiger partial charge in [0, 0.05) is 19.2 Å². The zero-order valence-electron chi connectivity index (χ0n) is 9.13. The molecule has 0 aliphatic heterocycles. The SMILES string of the molecule is Cc1ccc(F)cc1OCC(=O)NCCN. The van der Waals surface area contributed by atoms with Gasteiger partial charge in [0.25, 0.3) is 5.91 Å². The first-order chi connectivity index (χ1) is 7.63. The molecule has 0 aliphatic carbocycles. The van der Waals surface area contributed by atoms with Crippen molar-refractivity contribution in [1.29, 1.82) is 0 Å². The normalized spacial score (nSPS) is 9.94. The van der Waals surface area contributed by atoms with Gasteiger partial charge in [-0.05, 0) is 18.6 Å². The van der Waals surface area contributed by atoms with Gasteiger partial charge in [-0.15, -0.1) is 0 Å². The molecule has 3 N–H and O–H groups in total. The highest BCUT2D eigenvalue weighted by Crippen LogP contribution is 2.18. The number of nitrogens with one attached hydrogen (secondary N) is 1. The minimum Gasteiger partial charge on any atom is -0.483 e. The summed E-state index contributed by atoms with van der Waals surface area (Å²) in [6.07, 6.45) is 0. The van der Waals surface area contributed by atoms with Gasteiger partial charge >= 0.3 is 0 Å². The summed E-state index contributed by atoms with van der Waals surface area (Å²) < 4.78 is 18.1. The number of carbonyl (C=O) groups excluding carboxylic acids is 1. The van der Waals surface area contributed by atoms with Gasteiger partial charge in [-0.25, -0.2) is 4.39 Å². The maximum Gasteiger partial charge on any atom is 0.257 e. The van der Waals surface area contributed by atoms with Gasteiger partial charge in [-0.1, -0.05) is 6.07 Å². The van der Waals surface area contributed by atoms with E-state index in [1.807, 2.05) is 0 Å². The van der Waals surface area contributed by atoms with Crippen molar-refractivity contribution < 1.29 is 13.9 Å². The Morgan fingerprint density at radius 2 is 2.31 bits per heavy atom. The fourth-order valence-corrected chi connectivity index (χ4v) is 1.14. The van der Waals surface area contributed by atoms with Gasteiger partial charge in [-0.3, -0.25) is 4.79 Å². The van der Waals surface area contributed by atoms with Crippen LogP contribution in [0, 0.1) is 12.7 Å². The number of nitrogens with two attached hydrogens (primary N) is 1. The van der Waals surface area contributed by atoms with E-state index in [9.17, 15) is 9.18 Å². The fourth-order valence-electron chi connectivity index (χ4n) is 1.14. The van der Waals surface area contributed by atoms with E-state index in [1.54, 1.807) is 13.0 Å². The van der Waals surface area contributed by atoms with Crippen molar-refractivity contribution in [3.8, 4) is 5.75 Å². The van der Waals surface area contributed by atoms with E-state index in [-0.39, 0.29) is 18.3 Å². The summed E-state index contributed by atoms with van der Waals surface area (Å²) in [6, 6.07) is 4.20. The summed E-state index contributed by atoms with van der Waals surface area (Å²) in [5.41, 5.74) is 6.01. The predicted molar refractivity (Wildman–Crippen MR) is 58.7 cm³/mol. The Hall–Kier alpha value is -1.62. The molecular weight excluding hydrogens is 211 g/mol. The molecule has 88 valence electrons. The maximum absolute atomic E-state index is 12.9. The molecule has 0 atom stereocenters. The van der Waals surface area contributed by atoms with Crippen molar-refractivity contribution in [2.24, 2.45) is 5.73 Å². The Labute approximate surface area is 93.6 Å². The minimum atomic E-state index is -0.386. The molecule has 0 unspecified atom stereocenters. The molecule has 1 aromatic rings. The lowest BCUT2D eigenvalue weighted by Gasteiger charge is -2.09. The van der Waals surface area contributed by atoms with E-state index >= 15 is 0 Å². The first kappa shape index (κ1) is 12.4. The van der Waals surface area contributed by atoms with E-state index in [1.165, 1.54) is 12.1 Å². The van der Waals surface area contributed by atoms with Crippen LogP contribution in [0.4, 0.5) is 4.39 Å². The molecule has 0 fully saturated rings. The van der Waals surface area contributed by atoms with Crippen molar-refractivity contribution in [2.75, 3.05) is 19.7 Å². The topological polar surface area (TPSA) is 64.3 Å². The van der Waals surface area contributed by atoms with Crippen LogP contribution in [0.1, 0.15) is 5.56 Å². The minimum absolute atomic E-state index is 0.135. The summed E-state index contributed by atoms with van der Waals surface area (Å²) in [5, 5.41) is 2.55. The van der Waals surface area contributed by atoms with Crippen LogP contribution in [0.15, 0.2) is 18.2 Å². The lowest BCUT2D eigenvalue weighted by Crippen LogP contribution is -2.33. The number of halogens is 1. The Balaban J connectivity index is 2.47. The lowest BCUT2D eigenvalue weighted by molar-refractivity contribution is -0.123. The number of amides is 1. The number of ether oxygens (including phenoxy) is 1. The molecule has 16 heavy (non-hydrogen) atoms. The summed E-state index contributed by atoms with van der Waals surface area (Å²) in [5.74, 6) is -0.278. The van der Waals surface area contributed by atoms with Crippen LogP contribution in [0.25, 0.3) is 0 Å². The average molecular weight is 226 g/mol. The second-order valence-electron chi connectivity index (χ2n) is 3.34. The highest BCUT2D eigenvalue weighted by atomic mass is 19.1. The van der Waals surface area contributed by atoms with E-state index in [4.69, 9.17) is 10.5 Å². The van der Waals surface area contributed by atoms with Crippen LogP contribution in [0.3, 0.4) is 0 Å². The van der Waals surface area contributed by atoms with Gasteiger partial charge in [0.1, 0.15) is 11.6 Å². The Morgan fingerprint density at radius 3 is 3.00 bits per heavy atom. The van der Waals surface area contributed by atoms with Gasteiger partial charge < -0.3 is 15.8 Å². The van der Waals surface area contributed by atoms with Crippen LogP contribution in [0.2, 0.25) is 0 Å². The molecule has 5 heteroatoms. The molecule has 4 nitrogen and oxygen atoms in total. The average Bonchev–Trinajstić information content (AvgIpc) is 2.27. The third-order valence-corrected chi connectivity index (χ3v) is 1.98. The monoisotopic (exact) mass is 226 g/mol. The van der Waals surface area contributed by atoms with Crippen LogP contribution in [-0.4, -0.2) is 25.6 Å².